The lowest BCUT2D eigenvalue weighted by Gasteiger charge is -2.13. The van der Waals surface area contributed by atoms with E-state index in [1.165, 1.54) is 26.7 Å². The van der Waals surface area contributed by atoms with Crippen LogP contribution in [0.5, 0.6) is 17.2 Å². The van der Waals surface area contributed by atoms with Crippen molar-refractivity contribution < 1.29 is 19.0 Å². The van der Waals surface area contributed by atoms with Crippen LogP contribution in [0.25, 0.3) is 22.6 Å². The van der Waals surface area contributed by atoms with Crippen molar-refractivity contribution in [3.63, 3.8) is 0 Å². The first-order chi connectivity index (χ1) is 17.4. The Bertz CT molecular complexity index is 1300. The van der Waals surface area contributed by atoms with Gasteiger partial charge in [0.05, 0.1) is 19.9 Å². The Kier molecular flexibility index (Phi) is 7.59. The Morgan fingerprint density at radius 2 is 1.53 bits per heavy atom. The van der Waals surface area contributed by atoms with E-state index in [4.69, 9.17) is 19.2 Å². The van der Waals surface area contributed by atoms with E-state index in [2.05, 4.69) is 58.4 Å². The number of esters is 1. The lowest BCUT2D eigenvalue weighted by atomic mass is 10.0. The first-order valence-corrected chi connectivity index (χ1v) is 11.7. The summed E-state index contributed by atoms with van der Waals surface area (Å²) in [5.41, 5.74) is 6.10. The van der Waals surface area contributed by atoms with E-state index >= 15 is 0 Å². The third-order valence-corrected chi connectivity index (χ3v) is 5.92. The number of nitrogens with zero attached hydrogens (tertiary/aromatic N) is 2. The van der Waals surface area contributed by atoms with Crippen LogP contribution in [-0.2, 0) is 17.6 Å². The maximum Gasteiger partial charge on any atom is 0.308 e. The fourth-order valence-corrected chi connectivity index (χ4v) is 4.06. The Balaban J connectivity index is 1.77. The minimum absolute atomic E-state index is 0.242. The Hall–Kier alpha value is -4.26. The molecule has 0 atom stereocenters. The van der Waals surface area contributed by atoms with E-state index < -0.39 is 5.97 Å². The molecule has 186 valence electrons. The van der Waals surface area contributed by atoms with Gasteiger partial charge in [-0.25, -0.2) is 4.98 Å². The molecule has 0 fully saturated rings. The summed E-state index contributed by atoms with van der Waals surface area (Å²) in [4.78, 5) is 22.2. The summed E-state index contributed by atoms with van der Waals surface area (Å²) >= 11 is 0. The number of aryl methyl sites for hydroxylation is 2. The number of hydrogen-bond acceptors (Lipinski definition) is 6. The lowest BCUT2D eigenvalue weighted by Crippen LogP contribution is -2.08. The van der Waals surface area contributed by atoms with Gasteiger partial charge < -0.3 is 24.1 Å². The molecule has 0 bridgehead atoms. The van der Waals surface area contributed by atoms with Crippen molar-refractivity contribution in [2.24, 2.45) is 0 Å². The molecule has 0 spiro atoms. The zero-order chi connectivity index (χ0) is 25.7. The van der Waals surface area contributed by atoms with E-state index in [0.29, 0.717) is 17.3 Å². The van der Waals surface area contributed by atoms with Crippen molar-refractivity contribution >= 4 is 11.7 Å². The third-order valence-electron chi connectivity index (χ3n) is 5.92. The second-order valence-corrected chi connectivity index (χ2v) is 8.64. The fraction of sp³-hybridized carbons (Fsp3) is 0.241. The van der Waals surface area contributed by atoms with Crippen LogP contribution in [0.1, 0.15) is 18.2 Å². The number of imidazole rings is 1. The SMILES string of the molecule is COc1cc(-c2nc(-c3ccc(N(C)C)cc3)c(CCc3ccccc3)[nH]2)cc(OC)c1OC(C)=O. The largest absolute Gasteiger partial charge is 0.493 e. The minimum atomic E-state index is -0.455. The molecule has 0 aliphatic rings. The highest BCUT2D eigenvalue weighted by Crippen LogP contribution is 2.41. The molecular formula is C29H31N3O4. The van der Waals surface area contributed by atoms with Crippen LogP contribution in [0, 0.1) is 0 Å². The number of ether oxygens (including phenoxy) is 3. The molecule has 7 heteroatoms. The molecular weight excluding hydrogens is 454 g/mol. The van der Waals surface area contributed by atoms with E-state index in [-0.39, 0.29) is 5.75 Å². The van der Waals surface area contributed by atoms with Gasteiger partial charge in [0.2, 0.25) is 5.75 Å². The summed E-state index contributed by atoms with van der Waals surface area (Å²) in [6.07, 6.45) is 1.67. The van der Waals surface area contributed by atoms with E-state index in [1.807, 2.05) is 20.2 Å². The summed E-state index contributed by atoms with van der Waals surface area (Å²) in [5.74, 6) is 1.24. The number of aromatic amines is 1. The predicted octanol–water partition coefficient (Wildman–Crippen LogP) is 5.54. The molecule has 0 aliphatic heterocycles. The highest BCUT2D eigenvalue weighted by Gasteiger charge is 2.20. The summed E-state index contributed by atoms with van der Waals surface area (Å²) < 4.78 is 16.4. The van der Waals surface area contributed by atoms with Crippen LogP contribution in [-0.4, -0.2) is 44.3 Å². The first kappa shape index (κ1) is 24.9. The molecule has 0 saturated heterocycles. The summed E-state index contributed by atoms with van der Waals surface area (Å²) in [6, 6.07) is 22.3. The van der Waals surface area contributed by atoms with E-state index in [0.717, 1.165) is 41.0 Å². The average molecular weight is 486 g/mol. The molecule has 4 rings (SSSR count). The van der Waals surface area contributed by atoms with Crippen LogP contribution in [0.4, 0.5) is 5.69 Å². The van der Waals surface area contributed by atoms with Gasteiger partial charge in [-0.05, 0) is 42.7 Å². The topological polar surface area (TPSA) is 76.7 Å². The maximum atomic E-state index is 11.6. The molecule has 36 heavy (non-hydrogen) atoms. The highest BCUT2D eigenvalue weighted by molar-refractivity contribution is 5.76. The number of methoxy groups -OCH3 is 2. The third kappa shape index (κ3) is 5.51. The molecule has 0 saturated carbocycles. The normalized spacial score (nSPS) is 10.7. The number of nitrogens with one attached hydrogen (secondary N) is 1. The van der Waals surface area contributed by atoms with Crippen LogP contribution >= 0.6 is 0 Å². The van der Waals surface area contributed by atoms with Gasteiger partial charge in [-0.1, -0.05) is 42.5 Å². The van der Waals surface area contributed by atoms with Gasteiger partial charge in [0.15, 0.2) is 11.5 Å². The Morgan fingerprint density at radius 1 is 0.889 bits per heavy atom. The van der Waals surface area contributed by atoms with Crippen LogP contribution < -0.4 is 19.1 Å². The van der Waals surface area contributed by atoms with Gasteiger partial charge in [-0.15, -0.1) is 0 Å². The monoisotopic (exact) mass is 485 g/mol. The molecule has 0 radical (unpaired) electrons. The summed E-state index contributed by atoms with van der Waals surface area (Å²) in [6.45, 7) is 1.34. The second-order valence-electron chi connectivity index (χ2n) is 8.64. The zero-order valence-electron chi connectivity index (χ0n) is 21.3. The quantitative estimate of drug-likeness (QED) is 0.248. The molecule has 0 unspecified atom stereocenters. The number of H-pyrrole nitrogens is 1. The molecule has 3 aromatic carbocycles. The van der Waals surface area contributed by atoms with Gasteiger partial charge in [0.25, 0.3) is 0 Å². The number of aromatic nitrogens is 2. The maximum absolute atomic E-state index is 11.6. The Labute approximate surface area is 211 Å². The van der Waals surface area contributed by atoms with E-state index in [9.17, 15) is 4.79 Å². The van der Waals surface area contributed by atoms with Gasteiger partial charge >= 0.3 is 5.97 Å². The van der Waals surface area contributed by atoms with Gasteiger partial charge in [-0.3, -0.25) is 4.79 Å². The first-order valence-electron chi connectivity index (χ1n) is 11.7. The molecule has 1 aromatic heterocycles. The van der Waals surface area contributed by atoms with Crippen molar-refractivity contribution in [3.05, 3.63) is 78.0 Å². The molecule has 0 amide bonds. The van der Waals surface area contributed by atoms with Crippen molar-refractivity contribution in [1.82, 2.24) is 9.97 Å². The number of rotatable bonds is 9. The highest BCUT2D eigenvalue weighted by atomic mass is 16.6. The smallest absolute Gasteiger partial charge is 0.308 e. The molecule has 1 N–H and O–H groups in total. The lowest BCUT2D eigenvalue weighted by molar-refractivity contribution is -0.132. The number of carbonyl (C=O) groups excluding carboxylic acids is 1. The molecule has 7 nitrogen and oxygen atoms in total. The van der Waals surface area contributed by atoms with Crippen LogP contribution in [0.15, 0.2) is 66.7 Å². The van der Waals surface area contributed by atoms with Crippen molar-refractivity contribution in [2.75, 3.05) is 33.2 Å². The number of benzene rings is 3. The van der Waals surface area contributed by atoms with Crippen molar-refractivity contribution in [2.45, 2.75) is 19.8 Å². The molecule has 4 aromatic rings. The van der Waals surface area contributed by atoms with Gasteiger partial charge in [0, 0.05) is 43.5 Å². The number of carbonyl (C=O) groups is 1. The van der Waals surface area contributed by atoms with Crippen LogP contribution in [0.3, 0.4) is 0 Å². The van der Waals surface area contributed by atoms with Crippen molar-refractivity contribution in [1.29, 1.82) is 0 Å². The van der Waals surface area contributed by atoms with Crippen LogP contribution in [0.2, 0.25) is 0 Å². The van der Waals surface area contributed by atoms with Gasteiger partial charge in [0.1, 0.15) is 5.82 Å². The average Bonchev–Trinajstić information content (AvgIpc) is 3.32. The van der Waals surface area contributed by atoms with Crippen molar-refractivity contribution in [3.8, 4) is 39.9 Å². The number of hydrogen-bond donors (Lipinski definition) is 1. The standard InChI is InChI=1S/C29H31N3O4/c1-19(33)36-28-25(34-4)17-22(18-26(28)35-5)29-30-24(16-11-20-9-7-6-8-10-20)27(31-29)21-12-14-23(15-13-21)32(2)3/h6-10,12-15,17-18H,11,16H2,1-5H3,(H,30,31). The minimum Gasteiger partial charge on any atom is -0.493 e. The fourth-order valence-electron chi connectivity index (χ4n) is 4.06. The van der Waals surface area contributed by atoms with Gasteiger partial charge in [-0.2, -0.15) is 0 Å². The predicted molar refractivity (Wildman–Crippen MR) is 142 cm³/mol. The summed E-state index contributed by atoms with van der Waals surface area (Å²) in [7, 11) is 7.09. The second kappa shape index (κ2) is 11.0. The zero-order valence-corrected chi connectivity index (χ0v) is 21.3. The summed E-state index contributed by atoms with van der Waals surface area (Å²) in [5, 5.41) is 0. The Morgan fingerprint density at radius 3 is 2.08 bits per heavy atom. The molecule has 1 heterocycles. The molecule has 0 aliphatic carbocycles. The number of anilines is 1. The van der Waals surface area contributed by atoms with E-state index in [1.54, 1.807) is 12.1 Å².